The van der Waals surface area contributed by atoms with E-state index in [1.165, 1.54) is 37.7 Å². The molecule has 0 fully saturated rings. The predicted molar refractivity (Wildman–Crippen MR) is 73.7 cm³/mol. The van der Waals surface area contributed by atoms with Crippen LogP contribution in [0.4, 0.5) is 13.2 Å². The normalized spacial score (nSPS) is 11.7. The van der Waals surface area contributed by atoms with Crippen molar-refractivity contribution in [1.29, 1.82) is 0 Å². The number of methoxy groups -OCH3 is 3. The number of halogens is 3. The largest absolute Gasteiger partial charge is 0.493 e. The van der Waals surface area contributed by atoms with Gasteiger partial charge in [-0.25, -0.2) is 4.79 Å². The molecule has 9 heteroatoms. The second-order valence-electron chi connectivity index (χ2n) is 4.12. The third-order valence-corrected chi connectivity index (χ3v) is 2.63. The van der Waals surface area contributed by atoms with E-state index in [0.29, 0.717) is 17.1 Å². The fraction of sp³-hybridized carbons (Fsp3) is 0.286. The number of carbonyl (C=O) groups is 2. The fourth-order valence-electron chi connectivity index (χ4n) is 1.56. The van der Waals surface area contributed by atoms with E-state index >= 15 is 0 Å². The minimum atomic E-state index is -5.13. The summed E-state index contributed by atoms with van der Waals surface area (Å²) in [6.45, 7) is 0. The molecule has 1 amide bonds. The summed E-state index contributed by atoms with van der Waals surface area (Å²) in [6, 6.07) is 4.37. The molecule has 0 aromatic heterocycles. The van der Waals surface area contributed by atoms with E-state index in [4.69, 9.17) is 9.47 Å². The number of hydrogen-bond donors (Lipinski definition) is 1. The Labute approximate surface area is 129 Å². The third-order valence-electron chi connectivity index (χ3n) is 2.63. The van der Waals surface area contributed by atoms with Gasteiger partial charge in [-0.1, -0.05) is 6.07 Å². The van der Waals surface area contributed by atoms with Gasteiger partial charge in [0, 0.05) is 0 Å². The smallest absolute Gasteiger partial charge is 0.471 e. The van der Waals surface area contributed by atoms with Crippen LogP contribution in [0.2, 0.25) is 0 Å². The Kier molecular flexibility index (Phi) is 6.00. The first-order valence-corrected chi connectivity index (χ1v) is 6.13. The Balaban J connectivity index is 3.19. The minimum absolute atomic E-state index is 0.297. The molecule has 0 saturated heterocycles. The van der Waals surface area contributed by atoms with Crippen LogP contribution in [0.15, 0.2) is 23.9 Å². The molecule has 0 saturated carbocycles. The van der Waals surface area contributed by atoms with Gasteiger partial charge in [0.25, 0.3) is 0 Å². The van der Waals surface area contributed by atoms with Gasteiger partial charge in [0.15, 0.2) is 11.5 Å². The van der Waals surface area contributed by atoms with Gasteiger partial charge in [-0.3, -0.25) is 4.79 Å². The highest BCUT2D eigenvalue weighted by atomic mass is 19.4. The van der Waals surface area contributed by atoms with Crippen LogP contribution in [0.5, 0.6) is 11.5 Å². The maximum Gasteiger partial charge on any atom is 0.471 e. The number of nitrogens with one attached hydrogen (secondary N) is 1. The van der Waals surface area contributed by atoms with Crippen LogP contribution in [0.1, 0.15) is 5.56 Å². The molecule has 0 bridgehead atoms. The minimum Gasteiger partial charge on any atom is -0.493 e. The summed E-state index contributed by atoms with van der Waals surface area (Å²) >= 11 is 0. The number of carbonyl (C=O) groups excluding carboxylic acids is 2. The van der Waals surface area contributed by atoms with E-state index < -0.39 is 23.7 Å². The lowest BCUT2D eigenvalue weighted by molar-refractivity contribution is -0.173. The monoisotopic (exact) mass is 333 g/mol. The van der Waals surface area contributed by atoms with Crippen LogP contribution in [0, 0.1) is 0 Å². The van der Waals surface area contributed by atoms with Gasteiger partial charge in [0.05, 0.1) is 21.3 Å². The summed E-state index contributed by atoms with van der Waals surface area (Å²) in [6.07, 6.45) is -4.11. The number of ether oxygens (including phenoxy) is 3. The molecular formula is C14H14F3NO5. The lowest BCUT2D eigenvalue weighted by Crippen LogP contribution is -2.38. The highest BCUT2D eigenvalue weighted by molar-refractivity contribution is 5.99. The SMILES string of the molecule is COC(=O)/C(=C/c1ccc(OC)c(OC)c1)NC(=O)C(F)(F)F. The molecule has 0 unspecified atom stereocenters. The predicted octanol–water partition coefficient (Wildman–Crippen LogP) is 1.90. The van der Waals surface area contributed by atoms with Crippen molar-refractivity contribution in [2.75, 3.05) is 21.3 Å². The van der Waals surface area contributed by atoms with Crippen LogP contribution < -0.4 is 14.8 Å². The van der Waals surface area contributed by atoms with E-state index in [2.05, 4.69) is 4.74 Å². The number of hydrogen-bond acceptors (Lipinski definition) is 5. The highest BCUT2D eigenvalue weighted by Gasteiger charge is 2.39. The van der Waals surface area contributed by atoms with Crippen molar-refractivity contribution in [2.24, 2.45) is 0 Å². The lowest BCUT2D eigenvalue weighted by atomic mass is 10.1. The van der Waals surface area contributed by atoms with E-state index in [0.717, 1.165) is 13.2 Å². The third kappa shape index (κ3) is 4.90. The molecule has 0 aliphatic heterocycles. The second-order valence-corrected chi connectivity index (χ2v) is 4.12. The van der Waals surface area contributed by atoms with Crippen LogP contribution >= 0.6 is 0 Å². The number of rotatable bonds is 5. The Bertz CT molecular complexity index is 625. The quantitative estimate of drug-likeness (QED) is 0.658. The lowest BCUT2D eigenvalue weighted by Gasteiger charge is -2.11. The Morgan fingerprint density at radius 3 is 2.17 bits per heavy atom. The Morgan fingerprint density at radius 1 is 1.09 bits per heavy atom. The number of alkyl halides is 3. The number of esters is 1. The maximum atomic E-state index is 12.3. The zero-order valence-corrected chi connectivity index (χ0v) is 12.5. The van der Waals surface area contributed by atoms with Crippen molar-refractivity contribution in [1.82, 2.24) is 5.32 Å². The molecule has 1 aromatic rings. The van der Waals surface area contributed by atoms with Crippen LogP contribution in [0.3, 0.4) is 0 Å². The molecule has 1 N–H and O–H groups in total. The summed E-state index contributed by atoms with van der Waals surface area (Å²) in [7, 11) is 3.76. The molecule has 126 valence electrons. The molecule has 0 spiro atoms. The summed E-state index contributed by atoms with van der Waals surface area (Å²) in [5.74, 6) is -2.72. The molecule has 1 aromatic carbocycles. The van der Waals surface area contributed by atoms with Crippen molar-refractivity contribution >= 4 is 18.0 Å². The summed E-state index contributed by atoms with van der Waals surface area (Å²) in [4.78, 5) is 22.5. The molecule has 0 aliphatic rings. The van der Waals surface area contributed by atoms with Crippen molar-refractivity contribution in [3.63, 3.8) is 0 Å². The highest BCUT2D eigenvalue weighted by Crippen LogP contribution is 2.28. The van der Waals surface area contributed by atoms with Gasteiger partial charge in [-0.05, 0) is 23.8 Å². The first-order valence-electron chi connectivity index (χ1n) is 6.13. The van der Waals surface area contributed by atoms with Crippen molar-refractivity contribution in [3.05, 3.63) is 29.5 Å². The average molecular weight is 333 g/mol. The number of amides is 1. The van der Waals surface area contributed by atoms with Gasteiger partial charge in [0.1, 0.15) is 5.70 Å². The summed E-state index contributed by atoms with van der Waals surface area (Å²) in [5.41, 5.74) is -0.368. The molecule has 0 atom stereocenters. The van der Waals surface area contributed by atoms with E-state index in [1.807, 2.05) is 0 Å². The van der Waals surface area contributed by atoms with Crippen LogP contribution in [-0.4, -0.2) is 39.4 Å². The van der Waals surface area contributed by atoms with Crippen molar-refractivity contribution in [3.8, 4) is 11.5 Å². The van der Waals surface area contributed by atoms with Crippen LogP contribution in [0.25, 0.3) is 6.08 Å². The Morgan fingerprint density at radius 2 is 1.70 bits per heavy atom. The summed E-state index contributed by atoms with van der Waals surface area (Å²) in [5, 5.41) is 1.47. The van der Waals surface area contributed by atoms with Crippen LogP contribution in [-0.2, 0) is 14.3 Å². The zero-order valence-electron chi connectivity index (χ0n) is 12.5. The standard InChI is InChI=1S/C14H14F3NO5/c1-21-10-5-4-8(7-11(10)22-2)6-9(12(19)23-3)18-13(20)14(15,16)17/h4-7H,1-3H3,(H,18,20)/b9-6-. The first-order chi connectivity index (χ1) is 10.7. The topological polar surface area (TPSA) is 73.9 Å². The molecule has 23 heavy (non-hydrogen) atoms. The van der Waals surface area contributed by atoms with E-state index in [9.17, 15) is 22.8 Å². The molecule has 0 radical (unpaired) electrons. The molecular weight excluding hydrogens is 319 g/mol. The van der Waals surface area contributed by atoms with Gasteiger partial charge in [-0.2, -0.15) is 13.2 Å². The van der Waals surface area contributed by atoms with Gasteiger partial charge in [0.2, 0.25) is 0 Å². The van der Waals surface area contributed by atoms with Crippen molar-refractivity contribution < 1.29 is 37.0 Å². The van der Waals surface area contributed by atoms with E-state index in [1.54, 1.807) is 0 Å². The Hall–Kier alpha value is -2.71. The second kappa shape index (κ2) is 7.52. The zero-order chi connectivity index (χ0) is 17.6. The molecule has 1 rings (SSSR count). The molecule has 6 nitrogen and oxygen atoms in total. The summed E-state index contributed by atoms with van der Waals surface area (Å²) < 4.78 is 51.3. The maximum absolute atomic E-state index is 12.3. The fourth-order valence-corrected chi connectivity index (χ4v) is 1.56. The molecule has 0 aliphatic carbocycles. The first kappa shape index (κ1) is 18.3. The van der Waals surface area contributed by atoms with Gasteiger partial charge in [-0.15, -0.1) is 0 Å². The van der Waals surface area contributed by atoms with Crippen molar-refractivity contribution in [2.45, 2.75) is 6.18 Å². The molecule has 0 heterocycles. The van der Waals surface area contributed by atoms with Gasteiger partial charge >= 0.3 is 18.1 Å². The average Bonchev–Trinajstić information content (AvgIpc) is 2.52. The van der Waals surface area contributed by atoms with E-state index in [-0.39, 0.29) is 0 Å². The number of benzene rings is 1. The van der Waals surface area contributed by atoms with Gasteiger partial charge < -0.3 is 19.5 Å².